The molecule has 0 radical (unpaired) electrons. The molecule has 2 unspecified atom stereocenters. The van der Waals surface area contributed by atoms with Crippen LogP contribution >= 0.6 is 0 Å². The maximum atomic E-state index is 12.6. The zero-order valence-electron chi connectivity index (χ0n) is 24.9. The van der Waals surface area contributed by atoms with Gasteiger partial charge >= 0.3 is 12.2 Å². The van der Waals surface area contributed by atoms with Gasteiger partial charge in [-0.2, -0.15) is 0 Å². The molecule has 1 aromatic rings. The number of carbonyl (C=O) groups excluding carboxylic acids is 2. The largest absolute Gasteiger partial charge is 0.449 e. The normalized spacial score (nSPS) is 16.6. The van der Waals surface area contributed by atoms with Gasteiger partial charge in [0, 0.05) is 12.8 Å². The molecule has 1 fully saturated rings. The van der Waals surface area contributed by atoms with Crippen LogP contribution in [0.2, 0.25) is 0 Å². The summed E-state index contributed by atoms with van der Waals surface area (Å²) in [6.07, 6.45) is 17.7. The third-order valence-corrected chi connectivity index (χ3v) is 6.86. The molecule has 0 spiro atoms. The quantitative estimate of drug-likeness (QED) is 0.134. The summed E-state index contributed by atoms with van der Waals surface area (Å²) in [4.78, 5) is 29.9. The van der Waals surface area contributed by atoms with Crippen LogP contribution in [-0.2, 0) is 30.2 Å². The fourth-order valence-electron chi connectivity index (χ4n) is 4.57. The molecular formula is C31H52N2O7. The van der Waals surface area contributed by atoms with Crippen molar-refractivity contribution in [3.05, 3.63) is 30.1 Å². The molecule has 40 heavy (non-hydrogen) atoms. The van der Waals surface area contributed by atoms with E-state index in [-0.39, 0.29) is 25.9 Å². The van der Waals surface area contributed by atoms with Gasteiger partial charge in [0.05, 0.1) is 32.1 Å². The summed E-state index contributed by atoms with van der Waals surface area (Å²) in [6, 6.07) is 5.25. The van der Waals surface area contributed by atoms with Crippen LogP contribution in [0.5, 0.6) is 0 Å². The molecule has 1 saturated heterocycles. The number of nitrogens with zero attached hydrogens (tertiary/aromatic N) is 2. The number of pyridine rings is 1. The number of hydrogen-bond acceptors (Lipinski definition) is 8. The van der Waals surface area contributed by atoms with Gasteiger partial charge in [0.2, 0.25) is 0 Å². The van der Waals surface area contributed by atoms with Crippen LogP contribution in [0.15, 0.2) is 24.4 Å². The maximum Gasteiger partial charge on any atom is 0.419 e. The van der Waals surface area contributed by atoms with Gasteiger partial charge in [0.1, 0.15) is 12.7 Å². The number of amides is 2. The third kappa shape index (κ3) is 15.5. The van der Waals surface area contributed by atoms with Crippen LogP contribution in [0.4, 0.5) is 9.59 Å². The van der Waals surface area contributed by atoms with E-state index in [1.165, 1.54) is 83.5 Å². The summed E-state index contributed by atoms with van der Waals surface area (Å²) >= 11 is 0. The van der Waals surface area contributed by atoms with E-state index >= 15 is 0 Å². The van der Waals surface area contributed by atoms with Crippen LogP contribution in [-0.4, -0.2) is 67.5 Å². The van der Waals surface area contributed by atoms with Gasteiger partial charge in [0.25, 0.3) is 0 Å². The van der Waals surface area contributed by atoms with E-state index in [0.717, 1.165) is 11.3 Å². The van der Waals surface area contributed by atoms with Gasteiger partial charge in [-0.1, -0.05) is 96.5 Å². The summed E-state index contributed by atoms with van der Waals surface area (Å²) in [6.45, 7) is 5.41. The molecule has 0 bridgehead atoms. The van der Waals surface area contributed by atoms with Crippen molar-refractivity contribution >= 4 is 12.2 Å². The molecule has 1 aromatic heterocycles. The predicted molar refractivity (Wildman–Crippen MR) is 154 cm³/mol. The molecule has 228 valence electrons. The van der Waals surface area contributed by atoms with Crippen molar-refractivity contribution in [2.75, 3.05) is 33.0 Å². The SMILES string of the molecule is CCCCCCCCCCCCCCCCOCC1COC(COC(=O)N(Cc2ccccn2)C(=O)OCC)O1. The van der Waals surface area contributed by atoms with Crippen molar-refractivity contribution in [3.63, 3.8) is 0 Å². The van der Waals surface area contributed by atoms with Crippen LogP contribution in [0.25, 0.3) is 0 Å². The van der Waals surface area contributed by atoms with Gasteiger partial charge in [-0.15, -0.1) is 0 Å². The topological polar surface area (TPSA) is 96.4 Å². The Morgan fingerprint density at radius 1 is 0.850 bits per heavy atom. The molecule has 0 saturated carbocycles. The number of aromatic nitrogens is 1. The molecule has 2 rings (SSSR count). The maximum absolute atomic E-state index is 12.6. The zero-order chi connectivity index (χ0) is 28.7. The van der Waals surface area contributed by atoms with Crippen molar-refractivity contribution < 1.29 is 33.3 Å². The van der Waals surface area contributed by atoms with Gasteiger partial charge in [-0.3, -0.25) is 4.98 Å². The van der Waals surface area contributed by atoms with Crippen LogP contribution < -0.4 is 0 Å². The van der Waals surface area contributed by atoms with E-state index in [1.807, 2.05) is 0 Å². The standard InChI is InChI=1S/C31H52N2O7/c1-3-5-6-7-8-9-10-11-12-13-14-15-16-19-22-36-24-28-25-38-29(40-28)26-39-31(35)33(30(34)37-4-2)23-27-20-17-18-21-32-27/h17-18,20-21,28-29H,3-16,19,22-26H2,1-2H3. The molecule has 9 heteroatoms. The third-order valence-electron chi connectivity index (χ3n) is 6.86. The highest BCUT2D eigenvalue weighted by Crippen LogP contribution is 2.15. The van der Waals surface area contributed by atoms with E-state index in [0.29, 0.717) is 25.5 Å². The summed E-state index contributed by atoms with van der Waals surface area (Å²) in [7, 11) is 0. The highest BCUT2D eigenvalue weighted by atomic mass is 16.7. The summed E-state index contributed by atoms with van der Waals surface area (Å²) in [5.41, 5.74) is 0.539. The number of imide groups is 1. The number of rotatable bonds is 22. The molecule has 9 nitrogen and oxygen atoms in total. The minimum absolute atomic E-state index is 0.0550. The molecule has 2 atom stereocenters. The highest BCUT2D eigenvalue weighted by Gasteiger charge is 2.30. The van der Waals surface area contributed by atoms with E-state index in [4.69, 9.17) is 23.7 Å². The first-order valence-corrected chi connectivity index (χ1v) is 15.5. The Morgan fingerprint density at radius 3 is 2.08 bits per heavy atom. The molecule has 1 aliphatic rings. The highest BCUT2D eigenvalue weighted by molar-refractivity contribution is 5.87. The van der Waals surface area contributed by atoms with Crippen LogP contribution in [0, 0.1) is 0 Å². The first-order valence-electron chi connectivity index (χ1n) is 15.5. The molecule has 2 amide bonds. The van der Waals surface area contributed by atoms with Crippen LogP contribution in [0.3, 0.4) is 0 Å². The van der Waals surface area contributed by atoms with Gasteiger partial charge in [-0.05, 0) is 25.5 Å². The minimum atomic E-state index is -0.839. The smallest absolute Gasteiger partial charge is 0.419 e. The second kappa shape index (κ2) is 22.5. The monoisotopic (exact) mass is 564 g/mol. The number of carbonyl (C=O) groups is 2. The Hall–Kier alpha value is -2.23. The van der Waals surface area contributed by atoms with Gasteiger partial charge < -0.3 is 23.7 Å². The Labute approximate surface area is 241 Å². The fraction of sp³-hybridized carbons (Fsp3) is 0.774. The zero-order valence-corrected chi connectivity index (χ0v) is 24.9. The van der Waals surface area contributed by atoms with Gasteiger partial charge in [-0.25, -0.2) is 14.5 Å². The van der Waals surface area contributed by atoms with Crippen molar-refractivity contribution in [2.24, 2.45) is 0 Å². The first kappa shape index (κ1) is 34.0. The summed E-state index contributed by atoms with van der Waals surface area (Å²) < 4.78 is 27.4. The van der Waals surface area contributed by atoms with Crippen molar-refractivity contribution in [3.8, 4) is 0 Å². The Kier molecular flexibility index (Phi) is 19.1. The van der Waals surface area contributed by atoms with E-state index < -0.39 is 18.5 Å². The van der Waals surface area contributed by atoms with Crippen molar-refractivity contribution in [2.45, 2.75) is 123 Å². The lowest BCUT2D eigenvalue weighted by Gasteiger charge is -2.20. The average Bonchev–Trinajstić information content (AvgIpc) is 3.42. The molecule has 0 aliphatic carbocycles. The van der Waals surface area contributed by atoms with Crippen molar-refractivity contribution in [1.82, 2.24) is 9.88 Å². The van der Waals surface area contributed by atoms with Crippen molar-refractivity contribution in [1.29, 1.82) is 0 Å². The fourth-order valence-corrected chi connectivity index (χ4v) is 4.57. The van der Waals surface area contributed by atoms with E-state index in [1.54, 1.807) is 31.3 Å². The lowest BCUT2D eigenvalue weighted by atomic mass is 10.0. The number of hydrogen-bond donors (Lipinski definition) is 0. The molecule has 1 aliphatic heterocycles. The second-order valence-corrected chi connectivity index (χ2v) is 10.4. The minimum Gasteiger partial charge on any atom is -0.449 e. The lowest BCUT2D eigenvalue weighted by molar-refractivity contribution is -0.101. The Morgan fingerprint density at radius 2 is 1.48 bits per heavy atom. The molecule has 0 aromatic carbocycles. The average molecular weight is 565 g/mol. The number of unbranched alkanes of at least 4 members (excludes halogenated alkanes) is 13. The Balaban J connectivity index is 1.46. The lowest BCUT2D eigenvalue weighted by Crippen LogP contribution is -2.38. The molecular weight excluding hydrogens is 512 g/mol. The van der Waals surface area contributed by atoms with E-state index in [9.17, 15) is 9.59 Å². The molecule has 0 N–H and O–H groups in total. The summed E-state index contributed by atoms with van der Waals surface area (Å²) in [5, 5.41) is 0. The Bertz CT molecular complexity index is 780. The van der Waals surface area contributed by atoms with E-state index in [2.05, 4.69) is 11.9 Å². The second-order valence-electron chi connectivity index (χ2n) is 10.4. The summed E-state index contributed by atoms with van der Waals surface area (Å²) in [5.74, 6) is 0. The first-order chi connectivity index (χ1) is 19.6. The number of ether oxygens (including phenoxy) is 5. The molecule has 2 heterocycles. The van der Waals surface area contributed by atoms with Gasteiger partial charge in [0.15, 0.2) is 6.29 Å². The predicted octanol–water partition coefficient (Wildman–Crippen LogP) is 7.42. The van der Waals surface area contributed by atoms with Crippen LogP contribution in [0.1, 0.15) is 109 Å².